The van der Waals surface area contributed by atoms with Crippen LogP contribution in [0.15, 0.2) is 42.2 Å². The summed E-state index contributed by atoms with van der Waals surface area (Å²) >= 11 is 0. The number of alkyl halides is 6. The van der Waals surface area contributed by atoms with Gasteiger partial charge in [-0.05, 0) is 35.9 Å². The normalized spacial score (nSPS) is 12.4. The van der Waals surface area contributed by atoms with Crippen molar-refractivity contribution in [2.45, 2.75) is 18.9 Å². The van der Waals surface area contributed by atoms with E-state index in [4.69, 9.17) is 10.4 Å². The summed E-state index contributed by atoms with van der Waals surface area (Å²) in [5.74, 6) is -1.56. The van der Waals surface area contributed by atoms with Crippen molar-refractivity contribution in [1.29, 1.82) is 10.5 Å². The molecule has 3 aromatic rings. The molecule has 0 aliphatic carbocycles. The van der Waals surface area contributed by atoms with Crippen molar-refractivity contribution in [2.24, 2.45) is 0 Å². The van der Waals surface area contributed by atoms with Crippen LogP contribution in [-0.4, -0.2) is 20.6 Å². The predicted molar refractivity (Wildman–Crippen MR) is 101 cm³/mol. The molecule has 3 rings (SSSR count). The number of aromatic nitrogens is 2. The second-order valence-electron chi connectivity index (χ2n) is 6.77. The van der Waals surface area contributed by atoms with Crippen molar-refractivity contribution in [3.8, 4) is 12.1 Å². The number of carboxylic acid groups (broad SMARTS) is 1. The lowest BCUT2D eigenvalue weighted by atomic mass is 10.0. The van der Waals surface area contributed by atoms with Gasteiger partial charge in [0, 0.05) is 29.9 Å². The number of hydrogen-bond acceptors (Lipinski definition) is 4. The molecule has 0 unspecified atom stereocenters. The Morgan fingerprint density at radius 2 is 1.70 bits per heavy atom. The van der Waals surface area contributed by atoms with E-state index < -0.39 is 41.6 Å². The molecule has 0 spiro atoms. The maximum absolute atomic E-state index is 13.2. The van der Waals surface area contributed by atoms with Crippen LogP contribution in [0.3, 0.4) is 0 Å². The van der Waals surface area contributed by atoms with E-state index in [-0.39, 0.29) is 33.8 Å². The van der Waals surface area contributed by atoms with Gasteiger partial charge in [-0.15, -0.1) is 0 Å². The standard InChI is InChI=1S/C21H10F6N4O2/c22-20(23,24)15-3-11(4-16(6-15)21(25,26)27)9-31-10-14(5-13(8-29)19(32)33)17-12(7-28)1-2-30-18(17)31/h1-6,10H,9H2,(H,32,33)/b13-5+. The Kier molecular flexibility index (Phi) is 5.88. The molecule has 0 aliphatic heterocycles. The van der Waals surface area contributed by atoms with Crippen molar-refractivity contribution >= 4 is 23.1 Å². The third kappa shape index (κ3) is 4.80. The first-order valence-electron chi connectivity index (χ1n) is 8.86. The molecule has 12 heteroatoms. The summed E-state index contributed by atoms with van der Waals surface area (Å²) in [5, 5.41) is 27.6. The monoisotopic (exact) mass is 464 g/mol. The fraction of sp³-hybridized carbons (Fsp3) is 0.143. The maximum atomic E-state index is 13.2. The third-order valence-electron chi connectivity index (χ3n) is 4.56. The summed E-state index contributed by atoms with van der Waals surface area (Å²) in [7, 11) is 0. The van der Waals surface area contributed by atoms with Crippen LogP contribution in [0.5, 0.6) is 0 Å². The topological polar surface area (TPSA) is 103 Å². The van der Waals surface area contributed by atoms with Crippen LogP contribution in [0.2, 0.25) is 0 Å². The Morgan fingerprint density at radius 1 is 1.09 bits per heavy atom. The molecule has 1 aromatic carbocycles. The highest BCUT2D eigenvalue weighted by Gasteiger charge is 2.37. The smallest absolute Gasteiger partial charge is 0.416 e. The SMILES string of the molecule is N#C/C(=C\c1cn(Cc2cc(C(F)(F)F)cc(C(F)(F)F)c2)c2nccc(C#N)c12)C(=O)O. The van der Waals surface area contributed by atoms with Crippen LogP contribution in [-0.2, 0) is 23.7 Å². The number of carbonyl (C=O) groups is 1. The first kappa shape index (κ1) is 23.3. The molecular formula is C21H10F6N4O2. The summed E-state index contributed by atoms with van der Waals surface area (Å²) in [4.78, 5) is 15.2. The molecule has 2 aromatic heterocycles. The lowest BCUT2D eigenvalue weighted by Gasteiger charge is -2.15. The zero-order valence-corrected chi connectivity index (χ0v) is 16.2. The Bertz CT molecular complexity index is 1340. The Hall–Kier alpha value is -4.32. The summed E-state index contributed by atoms with van der Waals surface area (Å²) in [6, 6.07) is 5.73. The van der Waals surface area contributed by atoms with Crippen molar-refractivity contribution in [3.05, 3.63) is 70.0 Å². The van der Waals surface area contributed by atoms with E-state index in [2.05, 4.69) is 4.98 Å². The molecule has 0 fully saturated rings. The average Bonchev–Trinajstić information content (AvgIpc) is 3.07. The second kappa shape index (κ2) is 8.31. The summed E-state index contributed by atoms with van der Waals surface area (Å²) in [6.45, 7) is -0.506. The van der Waals surface area contributed by atoms with Gasteiger partial charge in [0.25, 0.3) is 0 Å². The largest absolute Gasteiger partial charge is 0.477 e. The van der Waals surface area contributed by atoms with Crippen molar-refractivity contribution in [1.82, 2.24) is 9.55 Å². The number of aliphatic carboxylic acids is 1. The average molecular weight is 464 g/mol. The van der Waals surface area contributed by atoms with Crippen LogP contribution in [0.4, 0.5) is 26.3 Å². The molecule has 0 aliphatic rings. The van der Waals surface area contributed by atoms with Crippen LogP contribution < -0.4 is 0 Å². The van der Waals surface area contributed by atoms with Gasteiger partial charge in [-0.25, -0.2) is 9.78 Å². The number of fused-ring (bicyclic) bond motifs is 1. The maximum Gasteiger partial charge on any atom is 0.416 e. The molecule has 33 heavy (non-hydrogen) atoms. The zero-order valence-electron chi connectivity index (χ0n) is 16.2. The van der Waals surface area contributed by atoms with Crippen LogP contribution >= 0.6 is 0 Å². The Labute approximate surface area is 181 Å². The van der Waals surface area contributed by atoms with Gasteiger partial charge in [0.2, 0.25) is 0 Å². The highest BCUT2D eigenvalue weighted by Crippen LogP contribution is 2.37. The highest BCUT2D eigenvalue weighted by molar-refractivity contribution is 6.00. The van der Waals surface area contributed by atoms with Crippen molar-refractivity contribution in [3.63, 3.8) is 0 Å². The van der Waals surface area contributed by atoms with Gasteiger partial charge in [0.15, 0.2) is 0 Å². The van der Waals surface area contributed by atoms with Gasteiger partial charge in [-0.2, -0.15) is 36.9 Å². The quantitative estimate of drug-likeness (QED) is 0.333. The molecule has 0 amide bonds. The first-order chi connectivity index (χ1) is 15.3. The third-order valence-corrected chi connectivity index (χ3v) is 4.56. The zero-order chi connectivity index (χ0) is 24.6. The fourth-order valence-electron chi connectivity index (χ4n) is 3.17. The minimum Gasteiger partial charge on any atom is -0.477 e. The molecule has 0 bridgehead atoms. The van der Waals surface area contributed by atoms with E-state index in [1.54, 1.807) is 0 Å². The van der Waals surface area contributed by atoms with Gasteiger partial charge in [-0.3, -0.25) is 0 Å². The van der Waals surface area contributed by atoms with E-state index in [0.717, 1.165) is 6.08 Å². The summed E-state index contributed by atoms with van der Waals surface area (Å²) in [6.07, 6.45) is -6.71. The summed E-state index contributed by atoms with van der Waals surface area (Å²) in [5.41, 5.74) is -3.97. The second-order valence-corrected chi connectivity index (χ2v) is 6.77. The number of carboxylic acids is 1. The van der Waals surface area contributed by atoms with Crippen molar-refractivity contribution in [2.75, 3.05) is 0 Å². The fourth-order valence-corrected chi connectivity index (χ4v) is 3.17. The number of hydrogen-bond donors (Lipinski definition) is 1. The minimum atomic E-state index is -5.03. The number of nitrogens with zero attached hydrogens (tertiary/aromatic N) is 4. The van der Waals surface area contributed by atoms with Gasteiger partial charge in [-0.1, -0.05) is 0 Å². The Balaban J connectivity index is 2.24. The molecule has 1 N–H and O–H groups in total. The van der Waals surface area contributed by atoms with Gasteiger partial charge >= 0.3 is 18.3 Å². The first-order valence-corrected chi connectivity index (χ1v) is 8.86. The molecule has 0 saturated heterocycles. The molecule has 0 saturated carbocycles. The molecular weight excluding hydrogens is 454 g/mol. The van der Waals surface area contributed by atoms with Gasteiger partial charge in [0.05, 0.1) is 22.8 Å². The van der Waals surface area contributed by atoms with Crippen LogP contribution in [0.25, 0.3) is 17.1 Å². The van der Waals surface area contributed by atoms with Gasteiger partial charge in [0.1, 0.15) is 17.3 Å². The van der Waals surface area contributed by atoms with Crippen molar-refractivity contribution < 1.29 is 36.2 Å². The lowest BCUT2D eigenvalue weighted by molar-refractivity contribution is -0.143. The van der Waals surface area contributed by atoms with Gasteiger partial charge < -0.3 is 9.67 Å². The molecule has 2 heterocycles. The summed E-state index contributed by atoms with van der Waals surface area (Å²) < 4.78 is 80.2. The van der Waals surface area contributed by atoms with E-state index in [1.165, 1.54) is 29.1 Å². The number of halogens is 6. The molecule has 6 nitrogen and oxygen atoms in total. The van der Waals surface area contributed by atoms with E-state index in [9.17, 15) is 36.4 Å². The Morgan fingerprint density at radius 3 is 2.18 bits per heavy atom. The number of pyridine rings is 1. The number of benzene rings is 1. The number of rotatable bonds is 4. The van der Waals surface area contributed by atoms with E-state index in [0.29, 0.717) is 12.1 Å². The van der Waals surface area contributed by atoms with Crippen LogP contribution in [0, 0.1) is 22.7 Å². The highest BCUT2D eigenvalue weighted by atomic mass is 19.4. The minimum absolute atomic E-state index is 0.00350. The molecule has 0 radical (unpaired) electrons. The number of nitriles is 2. The molecule has 0 atom stereocenters. The van der Waals surface area contributed by atoms with Crippen LogP contribution in [0.1, 0.15) is 27.8 Å². The lowest BCUT2D eigenvalue weighted by Crippen LogP contribution is -2.12. The van der Waals surface area contributed by atoms with E-state index >= 15 is 0 Å². The molecule has 168 valence electrons. The predicted octanol–water partition coefficient (Wildman–Crippen LogP) is 4.99. The van der Waals surface area contributed by atoms with E-state index in [1.807, 2.05) is 6.07 Å².